The van der Waals surface area contributed by atoms with Gasteiger partial charge in [0.25, 0.3) is 0 Å². The predicted molar refractivity (Wildman–Crippen MR) is 81.8 cm³/mol. The summed E-state index contributed by atoms with van der Waals surface area (Å²) in [5, 5.41) is 16.1. The van der Waals surface area contributed by atoms with Crippen LogP contribution in [0, 0.1) is 0 Å². The zero-order valence-electron chi connectivity index (χ0n) is 12.8. The second-order valence-electron chi connectivity index (χ2n) is 6.01. The molecule has 1 aromatic carbocycles. The molecule has 6 nitrogen and oxygen atoms in total. The van der Waals surface area contributed by atoms with Crippen molar-refractivity contribution in [1.29, 1.82) is 0 Å². The first-order valence-electron chi connectivity index (χ1n) is 7.54. The first-order valence-corrected chi connectivity index (χ1v) is 7.54. The second kappa shape index (κ2) is 5.87. The summed E-state index contributed by atoms with van der Waals surface area (Å²) in [7, 11) is 0. The minimum absolute atomic E-state index is 0.0323. The lowest BCUT2D eigenvalue weighted by Crippen LogP contribution is -2.50. The highest BCUT2D eigenvalue weighted by atomic mass is 16.5. The molecule has 3 rings (SSSR count). The van der Waals surface area contributed by atoms with Gasteiger partial charge in [-0.25, -0.2) is 4.79 Å². The van der Waals surface area contributed by atoms with E-state index in [9.17, 15) is 14.7 Å². The predicted octanol–water partition coefficient (Wildman–Crippen LogP) is 2.21. The van der Waals surface area contributed by atoms with Crippen molar-refractivity contribution in [3.05, 3.63) is 53.4 Å². The number of aromatic nitrogens is 1. The van der Waals surface area contributed by atoms with Gasteiger partial charge in [0.2, 0.25) is 5.91 Å². The van der Waals surface area contributed by atoms with E-state index in [1.54, 1.807) is 36.4 Å². The minimum atomic E-state index is -1.49. The molecule has 0 saturated heterocycles. The van der Waals surface area contributed by atoms with Crippen LogP contribution in [-0.2, 0) is 21.5 Å². The van der Waals surface area contributed by atoms with Crippen molar-refractivity contribution in [1.82, 2.24) is 10.5 Å². The minimum Gasteiger partial charge on any atom is -0.479 e. The molecular weight excluding hydrogens is 296 g/mol. The molecule has 1 amide bonds. The van der Waals surface area contributed by atoms with Crippen LogP contribution in [0.4, 0.5) is 0 Å². The summed E-state index contributed by atoms with van der Waals surface area (Å²) >= 11 is 0. The lowest BCUT2D eigenvalue weighted by molar-refractivity contribution is -0.147. The van der Waals surface area contributed by atoms with E-state index in [1.165, 1.54) is 6.92 Å². The van der Waals surface area contributed by atoms with Crippen molar-refractivity contribution in [2.45, 2.75) is 37.6 Å². The Morgan fingerprint density at radius 2 is 2.04 bits per heavy atom. The standard InChI is InChI=1S/C17H18N2O4/c1-17(16(21)22,12-5-3-2-4-6-12)18-15(20)10-13-9-14(19-23-13)11-7-8-11/h2-6,9,11H,7-8,10H2,1H3,(H,18,20)(H,21,22). The Labute approximate surface area is 133 Å². The number of nitrogens with one attached hydrogen (secondary N) is 1. The number of benzene rings is 1. The molecule has 2 N–H and O–H groups in total. The molecule has 1 unspecified atom stereocenters. The number of carbonyl (C=O) groups excluding carboxylic acids is 1. The van der Waals surface area contributed by atoms with Gasteiger partial charge in [0.05, 0.1) is 12.1 Å². The van der Waals surface area contributed by atoms with Crippen molar-refractivity contribution in [2.24, 2.45) is 0 Å². The van der Waals surface area contributed by atoms with Crippen molar-refractivity contribution in [3.8, 4) is 0 Å². The molecule has 2 aromatic rings. The molecule has 1 aromatic heterocycles. The zero-order chi connectivity index (χ0) is 16.4. The van der Waals surface area contributed by atoms with Crippen LogP contribution in [0.25, 0.3) is 0 Å². The Morgan fingerprint density at radius 3 is 2.65 bits per heavy atom. The van der Waals surface area contributed by atoms with Crippen molar-refractivity contribution in [2.75, 3.05) is 0 Å². The van der Waals surface area contributed by atoms with E-state index in [0.717, 1.165) is 18.5 Å². The molecule has 0 bridgehead atoms. The first kappa shape index (κ1) is 15.3. The van der Waals surface area contributed by atoms with Gasteiger partial charge in [0.15, 0.2) is 5.54 Å². The van der Waals surface area contributed by atoms with E-state index in [1.807, 2.05) is 0 Å². The number of carbonyl (C=O) groups is 2. The molecule has 0 spiro atoms. The number of nitrogens with zero attached hydrogens (tertiary/aromatic N) is 1. The topological polar surface area (TPSA) is 92.4 Å². The number of amides is 1. The second-order valence-corrected chi connectivity index (χ2v) is 6.01. The van der Waals surface area contributed by atoms with Crippen LogP contribution in [-0.4, -0.2) is 22.1 Å². The van der Waals surface area contributed by atoms with Crippen LogP contribution in [0.2, 0.25) is 0 Å². The molecule has 120 valence electrons. The number of carboxylic acids is 1. The van der Waals surface area contributed by atoms with Crippen molar-refractivity contribution in [3.63, 3.8) is 0 Å². The molecule has 1 aliphatic carbocycles. The smallest absolute Gasteiger partial charge is 0.333 e. The summed E-state index contributed by atoms with van der Waals surface area (Å²) in [5.41, 5.74) is -0.105. The zero-order valence-corrected chi connectivity index (χ0v) is 12.8. The summed E-state index contributed by atoms with van der Waals surface area (Å²) in [6, 6.07) is 10.4. The Kier molecular flexibility index (Phi) is 3.90. The van der Waals surface area contributed by atoms with E-state index in [2.05, 4.69) is 10.5 Å². The van der Waals surface area contributed by atoms with E-state index in [4.69, 9.17) is 4.52 Å². The van der Waals surface area contributed by atoms with Gasteiger partial charge < -0.3 is 14.9 Å². The van der Waals surface area contributed by atoms with Crippen LogP contribution in [0.15, 0.2) is 40.9 Å². The molecule has 1 aliphatic rings. The van der Waals surface area contributed by atoms with Gasteiger partial charge in [0, 0.05) is 12.0 Å². The van der Waals surface area contributed by atoms with E-state index in [-0.39, 0.29) is 6.42 Å². The Balaban J connectivity index is 1.71. The highest BCUT2D eigenvalue weighted by molar-refractivity contribution is 5.88. The van der Waals surface area contributed by atoms with Gasteiger partial charge in [-0.05, 0) is 25.3 Å². The quantitative estimate of drug-likeness (QED) is 0.853. The molecule has 1 atom stereocenters. The molecule has 23 heavy (non-hydrogen) atoms. The van der Waals surface area contributed by atoms with Crippen LogP contribution in [0.1, 0.15) is 42.7 Å². The number of aliphatic carboxylic acids is 1. The van der Waals surface area contributed by atoms with Crippen molar-refractivity contribution < 1.29 is 19.2 Å². The maximum atomic E-state index is 12.2. The maximum absolute atomic E-state index is 12.2. The largest absolute Gasteiger partial charge is 0.479 e. The number of carboxylic acid groups (broad SMARTS) is 1. The van der Waals surface area contributed by atoms with Crippen LogP contribution in [0.5, 0.6) is 0 Å². The van der Waals surface area contributed by atoms with Gasteiger partial charge in [0.1, 0.15) is 5.76 Å². The Bertz CT molecular complexity index is 721. The number of hydrogen-bond acceptors (Lipinski definition) is 4. The third kappa shape index (κ3) is 3.26. The number of rotatable bonds is 6. The molecule has 1 fully saturated rings. The molecule has 0 radical (unpaired) electrons. The lowest BCUT2D eigenvalue weighted by Gasteiger charge is -2.26. The molecular formula is C17H18N2O4. The summed E-state index contributed by atoms with van der Waals surface area (Å²) < 4.78 is 5.16. The Hall–Kier alpha value is -2.63. The average molecular weight is 314 g/mol. The van der Waals surface area contributed by atoms with Crippen LogP contribution >= 0.6 is 0 Å². The summed E-state index contributed by atoms with van der Waals surface area (Å²) in [5.74, 6) is -0.639. The molecule has 6 heteroatoms. The van der Waals surface area contributed by atoms with E-state index >= 15 is 0 Å². The van der Waals surface area contributed by atoms with Gasteiger partial charge in [-0.3, -0.25) is 4.79 Å². The molecule has 1 saturated carbocycles. The van der Waals surface area contributed by atoms with E-state index < -0.39 is 17.4 Å². The summed E-state index contributed by atoms with van der Waals surface area (Å²) in [6.45, 7) is 1.47. The van der Waals surface area contributed by atoms with Gasteiger partial charge in [-0.2, -0.15) is 0 Å². The van der Waals surface area contributed by atoms with Crippen molar-refractivity contribution >= 4 is 11.9 Å². The van der Waals surface area contributed by atoms with Crippen LogP contribution in [0.3, 0.4) is 0 Å². The summed E-state index contributed by atoms with van der Waals surface area (Å²) in [4.78, 5) is 23.9. The van der Waals surface area contributed by atoms with Gasteiger partial charge >= 0.3 is 5.97 Å². The Morgan fingerprint density at radius 1 is 1.35 bits per heavy atom. The highest BCUT2D eigenvalue weighted by Crippen LogP contribution is 2.39. The SMILES string of the molecule is CC(NC(=O)Cc1cc(C2CC2)no1)(C(=O)O)c1ccccc1. The third-order valence-electron chi connectivity index (χ3n) is 4.08. The lowest BCUT2D eigenvalue weighted by atomic mass is 9.92. The summed E-state index contributed by atoms with van der Waals surface area (Å²) in [6.07, 6.45) is 2.17. The fourth-order valence-corrected chi connectivity index (χ4v) is 2.49. The van der Waals surface area contributed by atoms with E-state index in [0.29, 0.717) is 17.2 Å². The highest BCUT2D eigenvalue weighted by Gasteiger charge is 2.37. The van der Waals surface area contributed by atoms with Gasteiger partial charge in [-0.1, -0.05) is 35.5 Å². The van der Waals surface area contributed by atoms with Gasteiger partial charge in [-0.15, -0.1) is 0 Å². The van der Waals surface area contributed by atoms with Crippen LogP contribution < -0.4 is 5.32 Å². The maximum Gasteiger partial charge on any atom is 0.333 e. The molecule has 0 aliphatic heterocycles. The fraction of sp³-hybridized carbons (Fsp3) is 0.353. The first-order chi connectivity index (χ1) is 11.0. The molecule has 1 heterocycles. The fourth-order valence-electron chi connectivity index (χ4n) is 2.49. The number of hydrogen-bond donors (Lipinski definition) is 2. The monoisotopic (exact) mass is 314 g/mol. The third-order valence-corrected chi connectivity index (χ3v) is 4.08. The average Bonchev–Trinajstić information content (AvgIpc) is 3.28. The normalized spacial score (nSPS) is 16.6.